The maximum atomic E-state index is 6.66. The van der Waals surface area contributed by atoms with E-state index in [1.165, 1.54) is 35.1 Å². The van der Waals surface area contributed by atoms with Crippen molar-refractivity contribution in [3.8, 4) is 11.5 Å². The van der Waals surface area contributed by atoms with Crippen LogP contribution in [0.2, 0.25) is 5.02 Å². The largest absolute Gasteiger partial charge is 0.455 e. The summed E-state index contributed by atoms with van der Waals surface area (Å²) < 4.78 is 10.2. The summed E-state index contributed by atoms with van der Waals surface area (Å²) in [6, 6.07) is 23.2. The minimum absolute atomic E-state index is 0.299. The summed E-state index contributed by atoms with van der Waals surface area (Å²) in [7, 11) is 6.17. The van der Waals surface area contributed by atoms with Gasteiger partial charge >= 0.3 is 0 Å². The Kier molecular flexibility index (Phi) is 13.3. The predicted octanol–water partition coefficient (Wildman–Crippen LogP) is 10.6. The molecule has 1 aliphatic carbocycles. The zero-order valence-electron chi connectivity index (χ0n) is 34.8. The SMILES string of the molecule is C=C(NSc1cc(N)c(NC)c(CCCCN(C)C)c1)c1ccc(N2CCN(CC3=C(c4ccc(Cl)cc4)CC(C)(C)CC3)CC2)cc1Oc1cnc2[nH]ccc2c1. The lowest BCUT2D eigenvalue weighted by atomic mass is 9.72. The van der Waals surface area contributed by atoms with E-state index in [2.05, 4.69) is 106 Å². The molecule has 7 rings (SSSR count). The average molecular weight is 820 g/mol. The highest BCUT2D eigenvalue weighted by Crippen LogP contribution is 2.44. The van der Waals surface area contributed by atoms with Crippen LogP contribution in [-0.4, -0.2) is 80.2 Å². The molecule has 0 spiro atoms. The third kappa shape index (κ3) is 10.3. The van der Waals surface area contributed by atoms with E-state index in [4.69, 9.17) is 22.1 Å². The zero-order valence-corrected chi connectivity index (χ0v) is 36.3. The number of fused-ring (bicyclic) bond motifs is 1. The molecular weight excluding hydrogens is 760 g/mol. The molecule has 5 N–H and O–H groups in total. The van der Waals surface area contributed by atoms with E-state index in [9.17, 15) is 0 Å². The lowest BCUT2D eigenvalue weighted by molar-refractivity contribution is 0.264. The Morgan fingerprint density at radius 1 is 1.03 bits per heavy atom. The van der Waals surface area contributed by atoms with Gasteiger partial charge in [0.15, 0.2) is 0 Å². The first kappa shape index (κ1) is 41.5. The smallest absolute Gasteiger partial charge is 0.146 e. The van der Waals surface area contributed by atoms with Crippen molar-refractivity contribution in [3.05, 3.63) is 113 Å². The number of H-pyrrole nitrogens is 1. The van der Waals surface area contributed by atoms with Crippen molar-refractivity contribution in [3.63, 3.8) is 0 Å². The van der Waals surface area contributed by atoms with Crippen molar-refractivity contribution in [2.24, 2.45) is 5.41 Å². The topological polar surface area (TPSA) is 97.7 Å². The highest BCUT2D eigenvalue weighted by Gasteiger charge is 2.29. The molecule has 0 radical (unpaired) electrons. The molecule has 58 heavy (non-hydrogen) atoms. The Balaban J connectivity index is 1.07. The number of halogens is 1. The van der Waals surface area contributed by atoms with Crippen molar-refractivity contribution in [1.29, 1.82) is 0 Å². The van der Waals surface area contributed by atoms with Gasteiger partial charge < -0.3 is 35.3 Å². The number of rotatable bonds is 16. The number of ether oxygens (including phenoxy) is 1. The fourth-order valence-electron chi connectivity index (χ4n) is 8.22. The minimum Gasteiger partial charge on any atom is -0.455 e. The molecule has 1 aliphatic heterocycles. The second-order valence-corrected chi connectivity index (χ2v) is 18.1. The average Bonchev–Trinajstić information content (AvgIpc) is 3.68. The molecule has 0 saturated carbocycles. The van der Waals surface area contributed by atoms with Crippen LogP contribution in [0, 0.1) is 5.41 Å². The van der Waals surface area contributed by atoms with Crippen molar-refractivity contribution >= 4 is 62.9 Å². The third-order valence-electron chi connectivity index (χ3n) is 11.5. The molecule has 2 aliphatic rings. The normalized spacial score (nSPS) is 15.9. The van der Waals surface area contributed by atoms with Crippen LogP contribution in [0.4, 0.5) is 17.1 Å². The number of hydrogen-bond donors (Lipinski definition) is 4. The second-order valence-electron chi connectivity index (χ2n) is 16.8. The molecule has 11 heteroatoms. The van der Waals surface area contributed by atoms with E-state index in [1.54, 1.807) is 11.8 Å². The number of benzene rings is 3. The van der Waals surface area contributed by atoms with Gasteiger partial charge in [0, 0.05) is 84.3 Å². The van der Waals surface area contributed by atoms with Crippen molar-refractivity contribution in [2.75, 3.05) is 76.4 Å². The van der Waals surface area contributed by atoms with Gasteiger partial charge in [-0.2, -0.15) is 0 Å². The quantitative estimate of drug-likeness (QED) is 0.0441. The number of anilines is 3. The minimum atomic E-state index is 0.299. The van der Waals surface area contributed by atoms with Crippen LogP contribution < -0.4 is 25.4 Å². The summed E-state index contributed by atoms with van der Waals surface area (Å²) in [6.45, 7) is 15.2. The number of nitrogen functional groups attached to an aromatic ring is 1. The summed E-state index contributed by atoms with van der Waals surface area (Å²) in [6.07, 6.45) is 10.3. The summed E-state index contributed by atoms with van der Waals surface area (Å²) in [5.41, 5.74) is 17.8. The first-order valence-electron chi connectivity index (χ1n) is 20.5. The lowest BCUT2D eigenvalue weighted by Gasteiger charge is -2.39. The Hall–Kier alpha value is -4.61. The van der Waals surface area contributed by atoms with Crippen LogP contribution in [0.15, 0.2) is 96.2 Å². The molecule has 9 nitrogen and oxygen atoms in total. The van der Waals surface area contributed by atoms with E-state index < -0.39 is 0 Å². The number of aryl methyl sites for hydroxylation is 1. The summed E-state index contributed by atoms with van der Waals surface area (Å²) in [5.74, 6) is 1.40. The number of aromatic amines is 1. The van der Waals surface area contributed by atoms with Gasteiger partial charge in [-0.1, -0.05) is 49.7 Å². The van der Waals surface area contributed by atoms with E-state index in [1.807, 2.05) is 43.6 Å². The maximum Gasteiger partial charge on any atom is 0.146 e. The fraction of sp³-hybridized carbons (Fsp3) is 0.383. The van der Waals surface area contributed by atoms with E-state index in [0.29, 0.717) is 11.2 Å². The first-order chi connectivity index (χ1) is 27.9. The monoisotopic (exact) mass is 818 g/mol. The number of piperazine rings is 1. The van der Waals surface area contributed by atoms with Crippen molar-refractivity contribution in [2.45, 2.75) is 57.3 Å². The van der Waals surface area contributed by atoms with Gasteiger partial charge in [0.05, 0.1) is 17.6 Å². The standard InChI is InChI=1S/C47H59ClN8OS/c1-32(53-58-40-26-34(9-7-8-20-54(5)6)45(50-4)43(49)28-40)41-15-14-38(27-44(41)57-39-25-35-17-19-51-46(35)52-30-39)56-23-21-55(22-24-56)31-36-16-18-47(2,3)29-42(36)33-10-12-37(48)13-11-33/h10-15,17,19,25-28,30,50,53H,1,7-9,16,18,20-24,29,31,49H2,2-6H3,(H,51,52). The molecule has 1 fully saturated rings. The van der Waals surface area contributed by atoms with Crippen molar-refractivity contribution in [1.82, 2.24) is 24.5 Å². The van der Waals surface area contributed by atoms with Crippen LogP contribution in [0.5, 0.6) is 11.5 Å². The van der Waals surface area contributed by atoms with Crippen LogP contribution in [0.1, 0.15) is 62.6 Å². The number of hydrogen-bond acceptors (Lipinski definition) is 9. The highest BCUT2D eigenvalue weighted by molar-refractivity contribution is 7.97. The Morgan fingerprint density at radius 3 is 2.59 bits per heavy atom. The number of nitrogens with one attached hydrogen (secondary N) is 3. The molecule has 5 aromatic rings. The van der Waals surface area contributed by atoms with Gasteiger partial charge in [-0.15, -0.1) is 0 Å². The molecule has 0 unspecified atom stereocenters. The van der Waals surface area contributed by atoms with Gasteiger partial charge in [0.1, 0.15) is 17.1 Å². The molecule has 3 aromatic carbocycles. The maximum absolute atomic E-state index is 6.66. The van der Waals surface area contributed by atoms with E-state index >= 15 is 0 Å². The van der Waals surface area contributed by atoms with E-state index in [0.717, 1.165) is 126 Å². The number of aromatic nitrogens is 2. The first-order valence-corrected chi connectivity index (χ1v) is 21.7. The molecular formula is C47H59ClN8OS. The van der Waals surface area contributed by atoms with Crippen LogP contribution >= 0.6 is 23.5 Å². The Labute approximate surface area is 354 Å². The molecule has 1 saturated heterocycles. The molecule has 0 atom stereocenters. The third-order valence-corrected chi connectivity index (χ3v) is 12.6. The van der Waals surface area contributed by atoms with Gasteiger partial charge in [-0.05, 0) is 142 Å². The summed E-state index contributed by atoms with van der Waals surface area (Å²) in [4.78, 5) is 16.1. The summed E-state index contributed by atoms with van der Waals surface area (Å²) >= 11 is 7.79. The number of nitrogens with two attached hydrogens (primary N) is 1. The summed E-state index contributed by atoms with van der Waals surface area (Å²) in [5, 5.41) is 5.10. The Morgan fingerprint density at radius 2 is 1.83 bits per heavy atom. The highest BCUT2D eigenvalue weighted by atomic mass is 35.5. The lowest BCUT2D eigenvalue weighted by Crippen LogP contribution is -2.47. The fourth-order valence-corrected chi connectivity index (χ4v) is 9.08. The zero-order chi connectivity index (χ0) is 40.8. The van der Waals surface area contributed by atoms with Gasteiger partial charge in [0.25, 0.3) is 0 Å². The van der Waals surface area contributed by atoms with Gasteiger partial charge in [0.2, 0.25) is 0 Å². The van der Waals surface area contributed by atoms with Gasteiger partial charge in [-0.25, -0.2) is 4.98 Å². The number of unbranched alkanes of at least 4 members (excludes halogenated alkanes) is 1. The Bertz CT molecular complexity index is 2240. The number of nitrogens with zero attached hydrogens (tertiary/aromatic N) is 4. The second kappa shape index (κ2) is 18.5. The molecule has 306 valence electrons. The molecule has 3 heterocycles. The van der Waals surface area contributed by atoms with Crippen LogP contribution in [0.3, 0.4) is 0 Å². The molecule has 0 amide bonds. The molecule has 2 aromatic heterocycles. The number of pyridine rings is 1. The van der Waals surface area contributed by atoms with Gasteiger partial charge in [-0.3, -0.25) is 4.90 Å². The van der Waals surface area contributed by atoms with E-state index in [-0.39, 0.29) is 0 Å². The van der Waals surface area contributed by atoms with Crippen LogP contribution in [-0.2, 0) is 6.42 Å². The molecule has 0 bridgehead atoms. The predicted molar refractivity (Wildman–Crippen MR) is 247 cm³/mol. The van der Waals surface area contributed by atoms with Crippen molar-refractivity contribution < 1.29 is 4.74 Å². The number of allylic oxidation sites excluding steroid dienone is 1. The van der Waals surface area contributed by atoms with Crippen LogP contribution in [0.25, 0.3) is 22.3 Å².